The van der Waals surface area contributed by atoms with Crippen LogP contribution in [0.2, 0.25) is 5.02 Å². The second kappa shape index (κ2) is 6.09. The van der Waals surface area contributed by atoms with E-state index in [1.807, 2.05) is 11.9 Å². The van der Waals surface area contributed by atoms with Gasteiger partial charge in [-0.1, -0.05) is 11.6 Å². The van der Waals surface area contributed by atoms with Gasteiger partial charge in [0.05, 0.1) is 13.2 Å². The smallest absolute Gasteiger partial charge is 0.254 e. The molecule has 0 aromatic heterocycles. The fraction of sp³-hybridized carbons (Fsp3) is 0.588. The quantitative estimate of drug-likeness (QED) is 0.930. The van der Waals surface area contributed by atoms with Crippen molar-refractivity contribution in [2.24, 2.45) is 11.8 Å². The number of hydrogen-bond acceptors (Lipinski definition) is 3. The summed E-state index contributed by atoms with van der Waals surface area (Å²) in [5, 5.41) is 10.2. The van der Waals surface area contributed by atoms with Crippen molar-refractivity contribution in [3.05, 3.63) is 28.8 Å². The van der Waals surface area contributed by atoms with Gasteiger partial charge < -0.3 is 14.7 Å². The Morgan fingerprint density at radius 1 is 1.23 bits per heavy atom. The molecule has 1 amide bonds. The number of aliphatic hydroxyl groups is 1. The van der Waals surface area contributed by atoms with Crippen molar-refractivity contribution in [2.75, 3.05) is 14.2 Å². The standard InChI is InChI=1S/C17H22ClNO3/c1-19(14-4-10-6-15(20)7-11(10)5-14)17(21)12-3-13(18)9-16(8-12)22-2/h3,8-11,14-15,20H,4-7H2,1-2H3/t10-,11+,14?,15?. The third-order valence-corrected chi connectivity index (χ3v) is 5.41. The van der Waals surface area contributed by atoms with Crippen LogP contribution < -0.4 is 4.74 Å². The Morgan fingerprint density at radius 3 is 2.45 bits per heavy atom. The molecule has 0 spiro atoms. The van der Waals surface area contributed by atoms with Gasteiger partial charge in [0, 0.05) is 23.7 Å². The summed E-state index contributed by atoms with van der Waals surface area (Å²) in [6, 6.07) is 5.35. The molecule has 0 saturated heterocycles. The molecule has 2 saturated carbocycles. The van der Waals surface area contributed by atoms with Gasteiger partial charge in [0.1, 0.15) is 5.75 Å². The largest absolute Gasteiger partial charge is 0.497 e. The predicted molar refractivity (Wildman–Crippen MR) is 85.3 cm³/mol. The first-order valence-corrected chi connectivity index (χ1v) is 8.15. The highest BCUT2D eigenvalue weighted by atomic mass is 35.5. The number of carbonyl (C=O) groups excluding carboxylic acids is 1. The molecule has 0 bridgehead atoms. The van der Waals surface area contributed by atoms with Crippen LogP contribution in [0.15, 0.2) is 18.2 Å². The first-order chi connectivity index (χ1) is 10.5. The lowest BCUT2D eigenvalue weighted by Gasteiger charge is -2.26. The SMILES string of the molecule is COc1cc(Cl)cc(C(=O)N(C)C2C[C@H]3CC(O)C[C@H]3C2)c1. The third kappa shape index (κ3) is 2.95. The van der Waals surface area contributed by atoms with Crippen LogP contribution in [0.1, 0.15) is 36.0 Å². The van der Waals surface area contributed by atoms with Crippen molar-refractivity contribution in [2.45, 2.75) is 37.8 Å². The summed E-state index contributed by atoms with van der Waals surface area (Å²) in [5.74, 6) is 1.69. The molecule has 4 atom stereocenters. The molecule has 0 heterocycles. The van der Waals surface area contributed by atoms with Gasteiger partial charge in [0.2, 0.25) is 0 Å². The topological polar surface area (TPSA) is 49.8 Å². The number of amides is 1. The van der Waals surface area contributed by atoms with Crippen molar-refractivity contribution >= 4 is 17.5 Å². The number of fused-ring (bicyclic) bond motifs is 1. The maximum absolute atomic E-state index is 12.7. The van der Waals surface area contributed by atoms with Crippen molar-refractivity contribution in [1.82, 2.24) is 4.90 Å². The molecule has 22 heavy (non-hydrogen) atoms. The highest BCUT2D eigenvalue weighted by Crippen LogP contribution is 2.45. The molecular weight excluding hydrogens is 302 g/mol. The van der Waals surface area contributed by atoms with E-state index in [2.05, 4.69) is 0 Å². The summed E-state index contributed by atoms with van der Waals surface area (Å²) >= 11 is 6.05. The maximum Gasteiger partial charge on any atom is 0.254 e. The normalized spacial score (nSPS) is 30.2. The molecule has 4 nitrogen and oxygen atoms in total. The molecule has 0 radical (unpaired) electrons. The van der Waals surface area contributed by atoms with Gasteiger partial charge in [0.25, 0.3) is 5.91 Å². The lowest BCUT2D eigenvalue weighted by atomic mass is 10.0. The van der Waals surface area contributed by atoms with Crippen molar-refractivity contribution in [3.63, 3.8) is 0 Å². The van der Waals surface area contributed by atoms with Crippen LogP contribution in [0.25, 0.3) is 0 Å². The number of ether oxygens (including phenoxy) is 1. The average Bonchev–Trinajstić information content (AvgIpc) is 3.02. The van der Waals surface area contributed by atoms with E-state index in [-0.39, 0.29) is 18.1 Å². The van der Waals surface area contributed by atoms with Gasteiger partial charge >= 0.3 is 0 Å². The Bertz CT molecular complexity index is 563. The minimum absolute atomic E-state index is 0.0219. The summed E-state index contributed by atoms with van der Waals surface area (Å²) in [5.41, 5.74) is 0.559. The number of benzene rings is 1. The molecular formula is C17H22ClNO3. The first kappa shape index (κ1) is 15.6. The second-order valence-electron chi connectivity index (χ2n) is 6.57. The van der Waals surface area contributed by atoms with Crippen molar-refractivity contribution < 1.29 is 14.6 Å². The minimum atomic E-state index is -0.144. The number of hydrogen-bond donors (Lipinski definition) is 1. The molecule has 0 aliphatic heterocycles. The fourth-order valence-electron chi connectivity index (χ4n) is 4.04. The van der Waals surface area contributed by atoms with E-state index < -0.39 is 0 Å². The molecule has 1 aromatic rings. The lowest BCUT2D eigenvalue weighted by Crippen LogP contribution is -2.36. The molecule has 5 heteroatoms. The molecule has 1 aromatic carbocycles. The van der Waals surface area contributed by atoms with Gasteiger partial charge in [0.15, 0.2) is 0 Å². The van der Waals surface area contributed by atoms with Crippen LogP contribution in [0.3, 0.4) is 0 Å². The summed E-state index contributed by atoms with van der Waals surface area (Å²) in [7, 11) is 3.42. The molecule has 120 valence electrons. The van der Waals surface area contributed by atoms with Gasteiger partial charge in [-0.15, -0.1) is 0 Å². The summed E-state index contributed by atoms with van der Waals surface area (Å²) in [4.78, 5) is 14.5. The molecule has 2 unspecified atom stereocenters. The number of carbonyl (C=O) groups is 1. The molecule has 3 rings (SSSR count). The Labute approximate surface area is 136 Å². The molecule has 2 aliphatic rings. The van der Waals surface area contributed by atoms with Gasteiger partial charge in [-0.3, -0.25) is 4.79 Å². The Kier molecular flexibility index (Phi) is 4.33. The van der Waals surface area contributed by atoms with E-state index in [1.54, 1.807) is 25.3 Å². The Hall–Kier alpha value is -1.26. The van der Waals surface area contributed by atoms with Crippen LogP contribution in [0.5, 0.6) is 5.75 Å². The zero-order valence-corrected chi connectivity index (χ0v) is 13.7. The second-order valence-corrected chi connectivity index (χ2v) is 7.00. The highest BCUT2D eigenvalue weighted by molar-refractivity contribution is 6.31. The van der Waals surface area contributed by atoms with E-state index in [1.165, 1.54) is 0 Å². The van der Waals surface area contributed by atoms with E-state index in [4.69, 9.17) is 16.3 Å². The summed E-state index contributed by atoms with van der Waals surface area (Å²) in [6.07, 6.45) is 3.60. The van der Waals surface area contributed by atoms with Crippen molar-refractivity contribution in [1.29, 1.82) is 0 Å². The summed E-state index contributed by atoms with van der Waals surface area (Å²) in [6.45, 7) is 0. The van der Waals surface area contributed by atoms with E-state index in [0.29, 0.717) is 28.2 Å². The third-order valence-electron chi connectivity index (χ3n) is 5.19. The first-order valence-electron chi connectivity index (χ1n) is 7.77. The number of rotatable bonds is 3. The van der Waals surface area contributed by atoms with E-state index in [0.717, 1.165) is 25.7 Å². The van der Waals surface area contributed by atoms with E-state index >= 15 is 0 Å². The number of nitrogens with zero attached hydrogens (tertiary/aromatic N) is 1. The van der Waals surface area contributed by atoms with Crippen LogP contribution in [0, 0.1) is 11.8 Å². The molecule has 2 aliphatic carbocycles. The molecule has 1 N–H and O–H groups in total. The highest BCUT2D eigenvalue weighted by Gasteiger charge is 2.43. The zero-order valence-electron chi connectivity index (χ0n) is 13.0. The van der Waals surface area contributed by atoms with E-state index in [9.17, 15) is 9.90 Å². The number of halogens is 1. The monoisotopic (exact) mass is 323 g/mol. The lowest BCUT2D eigenvalue weighted by molar-refractivity contribution is 0.0722. The number of aliphatic hydroxyl groups excluding tert-OH is 1. The number of methoxy groups -OCH3 is 1. The van der Waals surface area contributed by atoms with Gasteiger partial charge in [-0.25, -0.2) is 0 Å². The average molecular weight is 324 g/mol. The predicted octanol–water partition coefficient (Wildman–Crippen LogP) is 2.97. The fourth-order valence-corrected chi connectivity index (χ4v) is 4.27. The zero-order chi connectivity index (χ0) is 15.9. The van der Waals surface area contributed by atoms with Crippen LogP contribution in [-0.4, -0.2) is 42.2 Å². The van der Waals surface area contributed by atoms with Crippen LogP contribution in [0.4, 0.5) is 0 Å². The van der Waals surface area contributed by atoms with Gasteiger partial charge in [-0.2, -0.15) is 0 Å². The van der Waals surface area contributed by atoms with Crippen LogP contribution >= 0.6 is 11.6 Å². The maximum atomic E-state index is 12.7. The van der Waals surface area contributed by atoms with Gasteiger partial charge in [-0.05, 0) is 55.7 Å². The minimum Gasteiger partial charge on any atom is -0.497 e. The van der Waals surface area contributed by atoms with Crippen LogP contribution in [-0.2, 0) is 0 Å². The molecule has 2 fully saturated rings. The Morgan fingerprint density at radius 2 is 1.86 bits per heavy atom. The Balaban J connectivity index is 1.72. The van der Waals surface area contributed by atoms with Crippen molar-refractivity contribution in [3.8, 4) is 5.75 Å². The summed E-state index contributed by atoms with van der Waals surface area (Å²) < 4.78 is 5.18.